The lowest BCUT2D eigenvalue weighted by Gasteiger charge is -2.23. The maximum atomic E-state index is 11.7. The Morgan fingerprint density at radius 3 is 2.74 bits per heavy atom. The second-order valence-corrected chi connectivity index (χ2v) is 5.76. The molecule has 2 aromatic heterocycles. The monoisotopic (exact) mass is 259 g/mol. The van der Waals surface area contributed by atoms with Crippen molar-refractivity contribution >= 4 is 0 Å². The van der Waals surface area contributed by atoms with Gasteiger partial charge in [0.05, 0.1) is 6.26 Å². The Balaban J connectivity index is 2.03. The minimum Gasteiger partial charge on any atom is -0.469 e. The molecule has 2 heterocycles. The zero-order chi connectivity index (χ0) is 13.9. The summed E-state index contributed by atoms with van der Waals surface area (Å²) in [7, 11) is 0. The Morgan fingerprint density at radius 2 is 2.11 bits per heavy atom. The van der Waals surface area contributed by atoms with Gasteiger partial charge in [-0.2, -0.15) is 0 Å². The molecule has 0 radical (unpaired) electrons. The third-order valence-electron chi connectivity index (χ3n) is 3.77. The van der Waals surface area contributed by atoms with Crippen LogP contribution in [0.15, 0.2) is 45.9 Å². The van der Waals surface area contributed by atoms with Crippen molar-refractivity contribution in [2.24, 2.45) is 0 Å². The highest BCUT2D eigenvalue weighted by Gasteiger charge is 2.24. The molecule has 3 heteroatoms. The van der Waals surface area contributed by atoms with Gasteiger partial charge in [-0.25, -0.2) is 0 Å². The quantitative estimate of drug-likeness (QED) is 0.887. The summed E-state index contributed by atoms with van der Waals surface area (Å²) in [4.78, 5) is 14.5. The Kier molecular flexibility index (Phi) is 3.93. The van der Waals surface area contributed by atoms with Crippen molar-refractivity contribution < 1.29 is 4.42 Å². The minimum atomic E-state index is -0.000692. The van der Waals surface area contributed by atoms with E-state index in [9.17, 15) is 4.79 Å². The summed E-state index contributed by atoms with van der Waals surface area (Å²) in [5, 5.41) is 0. The van der Waals surface area contributed by atoms with E-state index >= 15 is 0 Å². The molecule has 0 saturated carbocycles. The van der Waals surface area contributed by atoms with Crippen molar-refractivity contribution in [1.82, 2.24) is 4.98 Å². The van der Waals surface area contributed by atoms with Gasteiger partial charge in [0, 0.05) is 17.2 Å². The van der Waals surface area contributed by atoms with Crippen LogP contribution < -0.4 is 5.56 Å². The van der Waals surface area contributed by atoms with E-state index in [2.05, 4.69) is 25.8 Å². The van der Waals surface area contributed by atoms with Crippen LogP contribution in [0.1, 0.15) is 50.9 Å². The number of nitrogens with one attached hydrogen (secondary N) is 1. The van der Waals surface area contributed by atoms with Gasteiger partial charge in [0.1, 0.15) is 5.76 Å². The van der Waals surface area contributed by atoms with Crippen molar-refractivity contribution in [2.75, 3.05) is 0 Å². The predicted molar refractivity (Wildman–Crippen MR) is 76.4 cm³/mol. The molecule has 3 nitrogen and oxygen atoms in total. The number of hydrogen-bond acceptors (Lipinski definition) is 2. The summed E-state index contributed by atoms with van der Waals surface area (Å²) in [6.45, 7) is 6.45. The van der Waals surface area contributed by atoms with Gasteiger partial charge < -0.3 is 9.40 Å². The summed E-state index contributed by atoms with van der Waals surface area (Å²) in [5.41, 5.74) is 0.878. The molecule has 0 bridgehead atoms. The number of aromatic nitrogens is 1. The van der Waals surface area contributed by atoms with Crippen LogP contribution in [-0.4, -0.2) is 4.98 Å². The maximum Gasteiger partial charge on any atom is 0.251 e. The van der Waals surface area contributed by atoms with Crippen LogP contribution in [0.5, 0.6) is 0 Å². The van der Waals surface area contributed by atoms with E-state index in [1.165, 1.54) is 0 Å². The number of H-pyrrole nitrogens is 1. The molecule has 0 aliphatic rings. The maximum absolute atomic E-state index is 11.7. The van der Waals surface area contributed by atoms with Crippen LogP contribution in [0, 0.1) is 0 Å². The normalized spacial score (nSPS) is 13.4. The van der Waals surface area contributed by atoms with Gasteiger partial charge >= 0.3 is 0 Å². The standard InChI is InChI=1S/C16H21NO2/c1-12(13-6-4-10-17-15(13)18)8-9-16(2,3)14-7-5-11-19-14/h4-7,10-12H,8-9H2,1-3H3,(H,17,18). The Labute approximate surface area is 113 Å². The van der Waals surface area contributed by atoms with Gasteiger partial charge in [-0.3, -0.25) is 4.79 Å². The summed E-state index contributed by atoms with van der Waals surface area (Å²) in [6.07, 6.45) is 5.32. The van der Waals surface area contributed by atoms with Gasteiger partial charge in [0.15, 0.2) is 0 Å². The highest BCUT2D eigenvalue weighted by Crippen LogP contribution is 2.32. The molecule has 0 fully saturated rings. The van der Waals surface area contributed by atoms with E-state index in [1.807, 2.05) is 24.3 Å². The molecule has 1 atom stereocenters. The minimum absolute atomic E-state index is 0.000692. The number of rotatable bonds is 5. The smallest absolute Gasteiger partial charge is 0.251 e. The number of pyridine rings is 1. The van der Waals surface area contributed by atoms with Crippen LogP contribution in [0.3, 0.4) is 0 Å². The average molecular weight is 259 g/mol. The molecule has 0 saturated heterocycles. The number of aromatic amines is 1. The SMILES string of the molecule is CC(CCC(C)(C)c1ccco1)c1ccc[nH]c1=O. The zero-order valence-electron chi connectivity index (χ0n) is 11.8. The first kappa shape index (κ1) is 13.7. The first-order valence-electron chi connectivity index (χ1n) is 6.72. The van der Waals surface area contributed by atoms with E-state index in [-0.39, 0.29) is 16.9 Å². The average Bonchev–Trinajstić information content (AvgIpc) is 2.91. The summed E-state index contributed by atoms with van der Waals surface area (Å²) >= 11 is 0. The van der Waals surface area contributed by atoms with Gasteiger partial charge in [-0.1, -0.05) is 26.8 Å². The van der Waals surface area contributed by atoms with Crippen LogP contribution in [-0.2, 0) is 5.41 Å². The molecule has 2 rings (SSSR count). The van der Waals surface area contributed by atoms with E-state index in [1.54, 1.807) is 12.5 Å². The van der Waals surface area contributed by atoms with E-state index in [0.29, 0.717) is 0 Å². The molecule has 1 N–H and O–H groups in total. The van der Waals surface area contributed by atoms with Crippen molar-refractivity contribution in [2.45, 2.75) is 44.9 Å². The van der Waals surface area contributed by atoms with E-state index in [0.717, 1.165) is 24.2 Å². The number of hydrogen-bond donors (Lipinski definition) is 1. The van der Waals surface area contributed by atoms with Crippen LogP contribution in [0.4, 0.5) is 0 Å². The molecule has 0 aliphatic carbocycles. The Morgan fingerprint density at radius 1 is 1.32 bits per heavy atom. The lowest BCUT2D eigenvalue weighted by atomic mass is 9.81. The highest BCUT2D eigenvalue weighted by molar-refractivity contribution is 5.15. The zero-order valence-corrected chi connectivity index (χ0v) is 11.8. The second-order valence-electron chi connectivity index (χ2n) is 5.76. The third-order valence-corrected chi connectivity index (χ3v) is 3.77. The Bertz CT molecular complexity index is 566. The van der Waals surface area contributed by atoms with Gasteiger partial charge in [0.2, 0.25) is 0 Å². The lowest BCUT2D eigenvalue weighted by Crippen LogP contribution is -2.19. The van der Waals surface area contributed by atoms with Gasteiger partial charge in [-0.15, -0.1) is 0 Å². The summed E-state index contributed by atoms with van der Waals surface area (Å²) in [5.74, 6) is 1.25. The fourth-order valence-corrected chi connectivity index (χ4v) is 2.34. The fraction of sp³-hybridized carbons (Fsp3) is 0.438. The largest absolute Gasteiger partial charge is 0.469 e. The van der Waals surface area contributed by atoms with Crippen LogP contribution in [0.2, 0.25) is 0 Å². The van der Waals surface area contributed by atoms with Crippen molar-refractivity contribution in [3.63, 3.8) is 0 Å². The summed E-state index contributed by atoms with van der Waals surface area (Å²) < 4.78 is 5.49. The molecule has 0 spiro atoms. The third kappa shape index (κ3) is 3.16. The predicted octanol–water partition coefficient (Wildman–Crippen LogP) is 3.83. The first-order valence-corrected chi connectivity index (χ1v) is 6.72. The van der Waals surface area contributed by atoms with Crippen LogP contribution >= 0.6 is 0 Å². The van der Waals surface area contributed by atoms with Crippen molar-refractivity contribution in [3.05, 3.63) is 58.4 Å². The van der Waals surface area contributed by atoms with Crippen molar-refractivity contribution in [3.8, 4) is 0 Å². The molecular weight excluding hydrogens is 238 g/mol. The molecule has 0 aliphatic heterocycles. The molecule has 102 valence electrons. The molecule has 0 aromatic carbocycles. The molecular formula is C16H21NO2. The van der Waals surface area contributed by atoms with Crippen LogP contribution in [0.25, 0.3) is 0 Å². The van der Waals surface area contributed by atoms with Gasteiger partial charge in [0.25, 0.3) is 5.56 Å². The lowest BCUT2D eigenvalue weighted by molar-refractivity contribution is 0.349. The molecule has 0 amide bonds. The first-order chi connectivity index (χ1) is 9.00. The molecule has 2 aromatic rings. The molecule has 1 unspecified atom stereocenters. The highest BCUT2D eigenvalue weighted by atomic mass is 16.3. The topological polar surface area (TPSA) is 46.0 Å². The van der Waals surface area contributed by atoms with Gasteiger partial charge in [-0.05, 0) is 37.0 Å². The second kappa shape index (κ2) is 5.47. The van der Waals surface area contributed by atoms with E-state index in [4.69, 9.17) is 4.42 Å². The Hall–Kier alpha value is -1.77. The summed E-state index contributed by atoms with van der Waals surface area (Å²) in [6, 6.07) is 7.72. The molecule has 19 heavy (non-hydrogen) atoms. The fourth-order valence-electron chi connectivity index (χ4n) is 2.34. The number of furan rings is 1. The van der Waals surface area contributed by atoms with Crippen molar-refractivity contribution in [1.29, 1.82) is 0 Å². The van der Waals surface area contributed by atoms with E-state index < -0.39 is 0 Å².